The first-order valence-corrected chi connectivity index (χ1v) is 7.62. The minimum atomic E-state index is -3.36. The van der Waals surface area contributed by atoms with Gasteiger partial charge in [-0.15, -0.1) is 11.3 Å². The highest BCUT2D eigenvalue weighted by molar-refractivity contribution is 7.91. The van der Waals surface area contributed by atoms with Crippen LogP contribution < -0.4 is 5.73 Å². The largest absolute Gasteiger partial charge is 0.365 e. The zero-order valence-corrected chi connectivity index (χ0v) is 10.7. The summed E-state index contributed by atoms with van der Waals surface area (Å²) < 4.78 is 23.8. The molecule has 16 heavy (non-hydrogen) atoms. The van der Waals surface area contributed by atoms with Crippen molar-refractivity contribution in [3.63, 3.8) is 0 Å². The van der Waals surface area contributed by atoms with Crippen molar-refractivity contribution in [2.75, 3.05) is 5.75 Å². The van der Waals surface area contributed by atoms with Crippen LogP contribution in [0.15, 0.2) is 16.3 Å². The Morgan fingerprint density at radius 2 is 2.12 bits per heavy atom. The molecule has 1 heterocycles. The highest BCUT2D eigenvalue weighted by Gasteiger charge is 2.22. The van der Waals surface area contributed by atoms with Gasteiger partial charge < -0.3 is 5.73 Å². The number of unbranched alkanes of at least 4 members (excludes halogenated alkanes) is 2. The first kappa shape index (κ1) is 13.2. The number of amides is 1. The van der Waals surface area contributed by atoms with E-state index in [1.807, 2.05) is 6.92 Å². The van der Waals surface area contributed by atoms with Gasteiger partial charge in [0.05, 0.1) is 10.6 Å². The lowest BCUT2D eigenvalue weighted by Gasteiger charge is -2.03. The molecular formula is C10H15NO3S2. The number of hydrogen-bond acceptors (Lipinski definition) is 4. The Labute approximate surface area is 99.4 Å². The molecule has 1 rings (SSSR count). The number of carbonyl (C=O) groups excluding carboxylic acids is 1. The van der Waals surface area contributed by atoms with Crippen molar-refractivity contribution < 1.29 is 13.2 Å². The van der Waals surface area contributed by atoms with Gasteiger partial charge in [0.25, 0.3) is 5.91 Å². The smallest absolute Gasteiger partial charge is 0.260 e. The Morgan fingerprint density at radius 3 is 2.69 bits per heavy atom. The Morgan fingerprint density at radius 1 is 1.44 bits per heavy atom. The van der Waals surface area contributed by atoms with Gasteiger partial charge in [-0.2, -0.15) is 0 Å². The van der Waals surface area contributed by atoms with Crippen molar-refractivity contribution in [3.05, 3.63) is 16.3 Å². The molecule has 0 radical (unpaired) electrons. The Balaban J connectivity index is 2.90. The van der Waals surface area contributed by atoms with Crippen LogP contribution >= 0.6 is 11.3 Å². The van der Waals surface area contributed by atoms with Crippen LogP contribution in [0.4, 0.5) is 0 Å². The predicted molar refractivity (Wildman–Crippen MR) is 64.4 cm³/mol. The topological polar surface area (TPSA) is 77.2 Å². The summed E-state index contributed by atoms with van der Waals surface area (Å²) in [6.45, 7) is 2.01. The lowest BCUT2D eigenvalue weighted by molar-refractivity contribution is 0.100. The molecule has 0 bridgehead atoms. The highest BCUT2D eigenvalue weighted by Crippen LogP contribution is 2.23. The van der Waals surface area contributed by atoms with Crippen molar-refractivity contribution in [3.8, 4) is 0 Å². The second-order valence-corrected chi connectivity index (χ2v) is 6.50. The molecule has 1 amide bonds. The van der Waals surface area contributed by atoms with Gasteiger partial charge in [-0.3, -0.25) is 4.79 Å². The third kappa shape index (κ3) is 3.05. The molecule has 0 aromatic carbocycles. The van der Waals surface area contributed by atoms with Crippen LogP contribution in [0.2, 0.25) is 0 Å². The standard InChI is InChI=1S/C10H15NO3S2/c1-2-3-4-7-16(13,14)8-5-6-15-9(8)10(11)12/h5-6H,2-4,7H2,1H3,(H2,11,12). The molecule has 0 atom stereocenters. The lowest BCUT2D eigenvalue weighted by Crippen LogP contribution is -2.15. The number of primary amides is 1. The van der Waals surface area contributed by atoms with Gasteiger partial charge in [0.2, 0.25) is 0 Å². The SMILES string of the molecule is CCCCCS(=O)(=O)c1ccsc1C(N)=O. The minimum Gasteiger partial charge on any atom is -0.365 e. The summed E-state index contributed by atoms with van der Waals surface area (Å²) in [6, 6.07) is 1.45. The fourth-order valence-corrected chi connectivity index (χ4v) is 4.09. The molecule has 90 valence electrons. The molecule has 1 aromatic heterocycles. The normalized spacial score (nSPS) is 11.6. The van der Waals surface area contributed by atoms with Gasteiger partial charge in [-0.1, -0.05) is 19.8 Å². The van der Waals surface area contributed by atoms with E-state index in [0.717, 1.165) is 24.2 Å². The summed E-state index contributed by atoms with van der Waals surface area (Å²) in [5.41, 5.74) is 5.12. The summed E-state index contributed by atoms with van der Waals surface area (Å²) >= 11 is 1.07. The van der Waals surface area contributed by atoms with Gasteiger partial charge in [0, 0.05) is 0 Å². The number of carbonyl (C=O) groups is 1. The second-order valence-electron chi connectivity index (χ2n) is 3.50. The van der Waals surface area contributed by atoms with E-state index >= 15 is 0 Å². The Bertz CT molecular complexity index is 462. The van der Waals surface area contributed by atoms with E-state index in [1.165, 1.54) is 6.07 Å². The quantitative estimate of drug-likeness (QED) is 0.793. The highest BCUT2D eigenvalue weighted by atomic mass is 32.2. The van der Waals surface area contributed by atoms with E-state index in [9.17, 15) is 13.2 Å². The lowest BCUT2D eigenvalue weighted by atomic mass is 10.3. The summed E-state index contributed by atoms with van der Waals surface area (Å²) in [5.74, 6) is -0.596. The van der Waals surface area contributed by atoms with Gasteiger partial charge in [0.1, 0.15) is 4.88 Å². The van der Waals surface area contributed by atoms with Crippen LogP contribution in [0.25, 0.3) is 0 Å². The third-order valence-electron chi connectivity index (χ3n) is 2.20. The van der Waals surface area contributed by atoms with Crippen molar-refractivity contribution in [2.45, 2.75) is 31.1 Å². The van der Waals surface area contributed by atoms with E-state index in [-0.39, 0.29) is 15.5 Å². The van der Waals surface area contributed by atoms with Gasteiger partial charge in [0.15, 0.2) is 9.84 Å². The van der Waals surface area contributed by atoms with Crippen LogP contribution in [-0.2, 0) is 9.84 Å². The summed E-state index contributed by atoms with van der Waals surface area (Å²) in [6.07, 6.45) is 2.45. The summed E-state index contributed by atoms with van der Waals surface area (Å²) in [7, 11) is -3.36. The van der Waals surface area contributed by atoms with Crippen LogP contribution in [0, 0.1) is 0 Å². The molecule has 6 heteroatoms. The van der Waals surface area contributed by atoms with Crippen molar-refractivity contribution in [1.29, 1.82) is 0 Å². The first-order valence-electron chi connectivity index (χ1n) is 5.09. The number of rotatable bonds is 6. The summed E-state index contributed by atoms with van der Waals surface area (Å²) in [5, 5.41) is 1.58. The van der Waals surface area contributed by atoms with E-state index in [4.69, 9.17) is 5.73 Å². The molecule has 0 aliphatic heterocycles. The van der Waals surface area contributed by atoms with Gasteiger partial charge in [-0.25, -0.2) is 8.42 Å². The first-order chi connectivity index (χ1) is 7.49. The molecule has 0 spiro atoms. The Kier molecular flexibility index (Phi) is 4.49. The van der Waals surface area contributed by atoms with E-state index in [0.29, 0.717) is 6.42 Å². The zero-order chi connectivity index (χ0) is 12.2. The molecule has 2 N–H and O–H groups in total. The fourth-order valence-electron chi connectivity index (χ4n) is 1.37. The van der Waals surface area contributed by atoms with Crippen molar-refractivity contribution >= 4 is 27.1 Å². The molecule has 0 unspecified atom stereocenters. The van der Waals surface area contributed by atoms with E-state index in [1.54, 1.807) is 5.38 Å². The van der Waals surface area contributed by atoms with Crippen LogP contribution in [-0.4, -0.2) is 20.1 Å². The monoisotopic (exact) mass is 261 g/mol. The number of thiophene rings is 1. The molecule has 1 aromatic rings. The molecule has 0 saturated carbocycles. The number of sulfone groups is 1. The minimum absolute atomic E-state index is 0.0812. The van der Waals surface area contributed by atoms with Gasteiger partial charge >= 0.3 is 0 Å². The van der Waals surface area contributed by atoms with Gasteiger partial charge in [-0.05, 0) is 17.9 Å². The van der Waals surface area contributed by atoms with E-state index in [2.05, 4.69) is 0 Å². The Hall–Kier alpha value is -0.880. The van der Waals surface area contributed by atoms with E-state index < -0.39 is 15.7 Å². The molecule has 4 nitrogen and oxygen atoms in total. The maximum absolute atomic E-state index is 11.9. The van der Waals surface area contributed by atoms with Crippen LogP contribution in [0.5, 0.6) is 0 Å². The average Bonchev–Trinajstić information content (AvgIpc) is 2.66. The predicted octanol–water partition coefficient (Wildman–Crippen LogP) is 1.81. The zero-order valence-electron chi connectivity index (χ0n) is 9.10. The van der Waals surface area contributed by atoms with Crippen LogP contribution in [0.1, 0.15) is 35.9 Å². The average molecular weight is 261 g/mol. The fraction of sp³-hybridized carbons (Fsp3) is 0.500. The molecule has 0 aliphatic rings. The van der Waals surface area contributed by atoms with Crippen molar-refractivity contribution in [2.24, 2.45) is 5.73 Å². The maximum Gasteiger partial charge on any atom is 0.260 e. The van der Waals surface area contributed by atoms with Crippen LogP contribution in [0.3, 0.4) is 0 Å². The third-order valence-corrected chi connectivity index (χ3v) is 5.10. The molecular weight excluding hydrogens is 246 g/mol. The molecule has 0 fully saturated rings. The molecule has 0 saturated heterocycles. The number of hydrogen-bond donors (Lipinski definition) is 1. The molecule has 0 aliphatic carbocycles. The second kappa shape index (κ2) is 5.45. The summed E-state index contributed by atoms with van der Waals surface area (Å²) in [4.78, 5) is 11.2. The maximum atomic E-state index is 11.9. The number of nitrogens with two attached hydrogens (primary N) is 1. The van der Waals surface area contributed by atoms with Crippen molar-refractivity contribution in [1.82, 2.24) is 0 Å².